The maximum absolute atomic E-state index is 12.4. The zero-order valence-corrected chi connectivity index (χ0v) is 16.4. The number of alkyl halides is 2. The molecule has 2 amide bonds. The first-order valence-corrected chi connectivity index (χ1v) is 8.89. The Kier molecular flexibility index (Phi) is 9.06. The van der Waals surface area contributed by atoms with Gasteiger partial charge in [-0.15, -0.1) is 0 Å². The first-order valence-electron chi connectivity index (χ1n) is 8.01. The number of esters is 1. The van der Waals surface area contributed by atoms with Gasteiger partial charge in [-0.1, -0.05) is 0 Å². The normalized spacial score (nSPS) is 10.6. The molecule has 0 spiro atoms. The Morgan fingerprint density at radius 2 is 1.78 bits per heavy atom. The molecule has 1 heterocycles. The van der Waals surface area contributed by atoms with Gasteiger partial charge in [0.05, 0.1) is 6.54 Å². The van der Waals surface area contributed by atoms with Crippen molar-refractivity contribution in [1.29, 1.82) is 0 Å². The molecule has 1 rings (SSSR count). The number of amides is 2. The minimum absolute atomic E-state index is 0.0176. The Labute approximate surface area is 160 Å². The molecule has 0 unspecified atom stereocenters. The lowest BCUT2D eigenvalue weighted by molar-refractivity contribution is -0.148. The van der Waals surface area contributed by atoms with Crippen LogP contribution in [-0.2, 0) is 25.5 Å². The van der Waals surface area contributed by atoms with Crippen LogP contribution < -0.4 is 5.32 Å². The van der Waals surface area contributed by atoms with E-state index in [1.807, 2.05) is 0 Å². The molecule has 150 valence electrons. The van der Waals surface area contributed by atoms with Crippen molar-refractivity contribution >= 4 is 29.5 Å². The molecule has 0 saturated carbocycles. The average Bonchev–Trinajstić information content (AvgIpc) is 2.56. The number of hydrogen-bond donors (Lipinski definition) is 1. The summed E-state index contributed by atoms with van der Waals surface area (Å²) in [5, 5.41) is 2.32. The number of aryl methyl sites for hydroxylation is 2. The van der Waals surface area contributed by atoms with E-state index in [1.165, 1.54) is 4.90 Å². The van der Waals surface area contributed by atoms with Gasteiger partial charge in [0, 0.05) is 31.9 Å². The van der Waals surface area contributed by atoms with E-state index >= 15 is 0 Å². The number of halogens is 2. The first kappa shape index (κ1) is 22.7. The predicted octanol–water partition coefficient (Wildman–Crippen LogP) is 1.09. The molecule has 0 fully saturated rings. The summed E-state index contributed by atoms with van der Waals surface area (Å²) in [5.41, 5.74) is 1.70. The molecule has 0 aromatic carbocycles. The second kappa shape index (κ2) is 10.8. The maximum atomic E-state index is 12.4. The van der Waals surface area contributed by atoms with Crippen molar-refractivity contribution in [2.75, 3.05) is 27.2 Å². The van der Waals surface area contributed by atoms with E-state index in [0.29, 0.717) is 17.0 Å². The summed E-state index contributed by atoms with van der Waals surface area (Å²) < 4.78 is 29.6. The van der Waals surface area contributed by atoms with Crippen LogP contribution in [0.15, 0.2) is 5.16 Å². The molecule has 0 atom stereocenters. The van der Waals surface area contributed by atoms with Gasteiger partial charge in [-0.25, -0.2) is 9.97 Å². The smallest absolute Gasteiger partial charge is 0.306 e. The highest BCUT2D eigenvalue weighted by Gasteiger charge is 2.15. The summed E-state index contributed by atoms with van der Waals surface area (Å²) in [6, 6.07) is 0. The van der Waals surface area contributed by atoms with Crippen LogP contribution in [0.4, 0.5) is 8.78 Å². The predicted molar refractivity (Wildman–Crippen MR) is 94.4 cm³/mol. The summed E-state index contributed by atoms with van der Waals surface area (Å²) in [7, 11) is 3.11. The van der Waals surface area contributed by atoms with E-state index in [0.717, 1.165) is 0 Å². The number of rotatable bonds is 9. The van der Waals surface area contributed by atoms with Crippen molar-refractivity contribution in [3.05, 3.63) is 17.0 Å². The standard InChI is InChI=1S/C16H22F2N4O4S/c1-9-11(10(2)21-16(20-9)27-15(17)18)5-6-14(25)26-8-12(23)19-7-13(24)22(3)4/h15H,5-8H2,1-4H3,(H,19,23). The van der Waals surface area contributed by atoms with Gasteiger partial charge in [0.2, 0.25) is 5.91 Å². The molecular weight excluding hydrogens is 382 g/mol. The molecule has 0 aliphatic rings. The van der Waals surface area contributed by atoms with Crippen LogP contribution in [0.2, 0.25) is 0 Å². The second-order valence-electron chi connectivity index (χ2n) is 5.76. The Hall–Kier alpha value is -2.30. The number of aromatic nitrogens is 2. The minimum Gasteiger partial charge on any atom is -0.456 e. The second-order valence-corrected chi connectivity index (χ2v) is 6.72. The van der Waals surface area contributed by atoms with Crippen LogP contribution in [0.5, 0.6) is 0 Å². The average molecular weight is 404 g/mol. The fourth-order valence-electron chi connectivity index (χ4n) is 2.03. The van der Waals surface area contributed by atoms with Crippen molar-refractivity contribution in [1.82, 2.24) is 20.2 Å². The van der Waals surface area contributed by atoms with Crippen molar-refractivity contribution < 1.29 is 27.9 Å². The highest BCUT2D eigenvalue weighted by molar-refractivity contribution is 7.99. The molecule has 0 saturated heterocycles. The van der Waals surface area contributed by atoms with Gasteiger partial charge < -0.3 is 15.0 Å². The van der Waals surface area contributed by atoms with Crippen molar-refractivity contribution in [2.24, 2.45) is 0 Å². The summed E-state index contributed by atoms with van der Waals surface area (Å²) in [6.45, 7) is 2.64. The molecule has 0 radical (unpaired) electrons. The molecule has 1 aromatic rings. The van der Waals surface area contributed by atoms with Crippen molar-refractivity contribution in [3.63, 3.8) is 0 Å². The van der Waals surface area contributed by atoms with E-state index in [4.69, 9.17) is 4.74 Å². The van der Waals surface area contributed by atoms with Gasteiger partial charge >= 0.3 is 5.97 Å². The fourth-order valence-corrected chi connectivity index (χ4v) is 2.57. The lowest BCUT2D eigenvalue weighted by atomic mass is 10.1. The molecular formula is C16H22F2N4O4S. The third kappa shape index (κ3) is 8.29. The van der Waals surface area contributed by atoms with E-state index in [-0.39, 0.29) is 42.2 Å². The van der Waals surface area contributed by atoms with Crippen molar-refractivity contribution in [2.45, 2.75) is 37.6 Å². The largest absolute Gasteiger partial charge is 0.456 e. The lowest BCUT2D eigenvalue weighted by Crippen LogP contribution is -2.38. The number of ether oxygens (including phenoxy) is 1. The van der Waals surface area contributed by atoms with Gasteiger partial charge in [-0.3, -0.25) is 14.4 Å². The Balaban J connectivity index is 2.46. The zero-order valence-electron chi connectivity index (χ0n) is 15.5. The Bertz CT molecular complexity index is 678. The maximum Gasteiger partial charge on any atom is 0.306 e. The van der Waals surface area contributed by atoms with Crippen LogP contribution in [0, 0.1) is 13.8 Å². The molecule has 0 aliphatic heterocycles. The molecule has 27 heavy (non-hydrogen) atoms. The van der Waals surface area contributed by atoms with Crippen LogP contribution in [0.25, 0.3) is 0 Å². The Morgan fingerprint density at radius 1 is 1.19 bits per heavy atom. The van der Waals surface area contributed by atoms with Gasteiger partial charge in [0.25, 0.3) is 11.7 Å². The summed E-state index contributed by atoms with van der Waals surface area (Å²) in [4.78, 5) is 44.0. The summed E-state index contributed by atoms with van der Waals surface area (Å²) >= 11 is 0.261. The number of likely N-dealkylation sites (N-methyl/N-ethyl adjacent to an activating group) is 1. The number of carbonyl (C=O) groups is 3. The summed E-state index contributed by atoms with van der Waals surface area (Å²) in [5.74, 6) is -4.07. The van der Waals surface area contributed by atoms with Crippen LogP contribution in [-0.4, -0.2) is 65.7 Å². The highest BCUT2D eigenvalue weighted by Crippen LogP contribution is 2.24. The number of hydrogen-bond acceptors (Lipinski definition) is 7. The monoisotopic (exact) mass is 404 g/mol. The first-order chi connectivity index (χ1) is 12.6. The molecule has 8 nitrogen and oxygen atoms in total. The SMILES string of the molecule is Cc1nc(SC(F)F)nc(C)c1CCC(=O)OCC(=O)NCC(=O)N(C)C. The van der Waals surface area contributed by atoms with Crippen LogP contribution >= 0.6 is 11.8 Å². The van der Waals surface area contributed by atoms with Gasteiger partial charge in [-0.2, -0.15) is 8.78 Å². The minimum atomic E-state index is -2.61. The zero-order chi connectivity index (χ0) is 20.6. The van der Waals surface area contributed by atoms with Gasteiger partial charge in [-0.05, 0) is 37.6 Å². The molecule has 0 bridgehead atoms. The van der Waals surface area contributed by atoms with Crippen LogP contribution in [0.1, 0.15) is 23.4 Å². The molecule has 1 N–H and O–H groups in total. The van der Waals surface area contributed by atoms with E-state index in [2.05, 4.69) is 15.3 Å². The number of nitrogens with one attached hydrogen (secondary N) is 1. The van der Waals surface area contributed by atoms with Crippen LogP contribution in [0.3, 0.4) is 0 Å². The van der Waals surface area contributed by atoms with E-state index in [9.17, 15) is 23.2 Å². The Morgan fingerprint density at radius 3 is 2.30 bits per heavy atom. The van der Waals surface area contributed by atoms with Crippen molar-refractivity contribution in [3.8, 4) is 0 Å². The third-order valence-electron chi connectivity index (χ3n) is 3.47. The topological polar surface area (TPSA) is 101 Å². The molecule has 11 heteroatoms. The van der Waals surface area contributed by atoms with E-state index < -0.39 is 24.2 Å². The number of nitrogens with zero attached hydrogens (tertiary/aromatic N) is 3. The van der Waals surface area contributed by atoms with E-state index in [1.54, 1.807) is 27.9 Å². The molecule has 1 aromatic heterocycles. The van der Waals surface area contributed by atoms with Gasteiger partial charge in [0.1, 0.15) is 0 Å². The number of thioether (sulfide) groups is 1. The third-order valence-corrected chi connectivity index (χ3v) is 4.05. The fraction of sp³-hybridized carbons (Fsp3) is 0.562. The summed E-state index contributed by atoms with van der Waals surface area (Å²) in [6.07, 6.45) is 0.243. The molecule has 0 aliphatic carbocycles. The number of carbonyl (C=O) groups excluding carboxylic acids is 3. The lowest BCUT2D eigenvalue weighted by Gasteiger charge is -2.12. The highest BCUT2D eigenvalue weighted by atomic mass is 32.2. The van der Waals surface area contributed by atoms with Gasteiger partial charge in [0.15, 0.2) is 11.8 Å². The quantitative estimate of drug-likeness (QED) is 0.373.